The second kappa shape index (κ2) is 9.11. The smallest absolute Gasteiger partial charge is 0.322 e. The predicted molar refractivity (Wildman–Crippen MR) is 127 cm³/mol. The maximum absolute atomic E-state index is 13.7. The Bertz CT molecular complexity index is 1370. The lowest BCUT2D eigenvalue weighted by Gasteiger charge is -2.35. The van der Waals surface area contributed by atoms with Gasteiger partial charge in [0.05, 0.1) is 18.2 Å². The first-order chi connectivity index (χ1) is 16.5. The van der Waals surface area contributed by atoms with Gasteiger partial charge >= 0.3 is 6.03 Å². The Hall–Kier alpha value is -3.97. The summed E-state index contributed by atoms with van der Waals surface area (Å²) >= 11 is 6.01. The molecule has 1 atom stereocenters. The van der Waals surface area contributed by atoms with Gasteiger partial charge in [0.25, 0.3) is 5.89 Å². The monoisotopic (exact) mass is 474 g/mol. The summed E-state index contributed by atoms with van der Waals surface area (Å²) in [6.45, 7) is 2.19. The van der Waals surface area contributed by atoms with Crippen molar-refractivity contribution in [2.24, 2.45) is 0 Å². The van der Waals surface area contributed by atoms with Gasteiger partial charge in [0.1, 0.15) is 5.82 Å². The van der Waals surface area contributed by atoms with Crippen molar-refractivity contribution < 1.29 is 13.7 Å². The van der Waals surface area contributed by atoms with Crippen LogP contribution in [0.25, 0.3) is 17.0 Å². The van der Waals surface area contributed by atoms with E-state index >= 15 is 0 Å². The number of rotatable bonds is 5. The largest absolute Gasteiger partial charge is 0.334 e. The highest BCUT2D eigenvalue weighted by Gasteiger charge is 2.35. The molecule has 0 bridgehead atoms. The molecule has 1 aliphatic heterocycles. The van der Waals surface area contributed by atoms with E-state index < -0.39 is 6.04 Å². The van der Waals surface area contributed by atoms with Crippen molar-refractivity contribution in [3.63, 3.8) is 0 Å². The van der Waals surface area contributed by atoms with Gasteiger partial charge in [-0.05, 0) is 42.3 Å². The zero-order valence-corrected chi connectivity index (χ0v) is 19.0. The van der Waals surface area contributed by atoms with Crippen LogP contribution < -0.4 is 5.32 Å². The van der Waals surface area contributed by atoms with E-state index in [1.54, 1.807) is 29.2 Å². The zero-order chi connectivity index (χ0) is 23.7. The Balaban J connectivity index is 1.59. The lowest BCUT2D eigenvalue weighted by Crippen LogP contribution is -2.45. The maximum atomic E-state index is 13.7. The highest BCUT2D eigenvalue weighted by Crippen LogP contribution is 2.37. The summed E-state index contributed by atoms with van der Waals surface area (Å²) in [7, 11) is 0. The third-order valence-electron chi connectivity index (χ3n) is 5.72. The van der Waals surface area contributed by atoms with Crippen molar-refractivity contribution in [3.8, 4) is 11.4 Å². The number of carbonyl (C=O) groups is 1. The van der Waals surface area contributed by atoms with E-state index in [9.17, 15) is 9.18 Å². The standard InChI is InChI=1S/C26H20ClFN4O2/c1-16-22(25-30-24(31-34-25)19-8-5-9-21(28)14-19)23(18-6-3-2-4-7-18)29-26(33)32(16)15-17-10-12-20(27)13-11-17/h2-14,23H,15H2,1H3,(H,29,33). The van der Waals surface area contributed by atoms with Crippen molar-refractivity contribution in [3.05, 3.63) is 112 Å². The number of halogens is 2. The number of nitrogens with one attached hydrogen (secondary N) is 1. The van der Waals surface area contributed by atoms with E-state index in [1.165, 1.54) is 12.1 Å². The Labute approximate surface area is 200 Å². The van der Waals surface area contributed by atoms with Crippen LogP contribution in [0.3, 0.4) is 0 Å². The first-order valence-electron chi connectivity index (χ1n) is 10.7. The van der Waals surface area contributed by atoms with Crippen molar-refractivity contribution in [1.29, 1.82) is 0 Å². The Morgan fingerprint density at radius 1 is 1.06 bits per heavy atom. The van der Waals surface area contributed by atoms with E-state index in [-0.39, 0.29) is 23.6 Å². The molecular formula is C26H20ClFN4O2. The lowest BCUT2D eigenvalue weighted by molar-refractivity contribution is 0.203. The summed E-state index contributed by atoms with van der Waals surface area (Å²) in [6, 6.07) is 22.2. The molecular weight excluding hydrogens is 455 g/mol. The molecule has 0 saturated heterocycles. The topological polar surface area (TPSA) is 71.3 Å². The molecule has 0 aliphatic carbocycles. The molecule has 4 aromatic rings. The average Bonchev–Trinajstić information content (AvgIpc) is 3.33. The fraction of sp³-hybridized carbons (Fsp3) is 0.115. The highest BCUT2D eigenvalue weighted by molar-refractivity contribution is 6.30. The van der Waals surface area contributed by atoms with Crippen LogP contribution in [-0.2, 0) is 6.54 Å². The number of hydrogen-bond donors (Lipinski definition) is 1. The molecule has 0 saturated carbocycles. The third kappa shape index (κ3) is 4.30. The molecule has 3 aromatic carbocycles. The molecule has 170 valence electrons. The molecule has 1 N–H and O–H groups in total. The third-order valence-corrected chi connectivity index (χ3v) is 5.97. The molecule has 2 amide bonds. The second-order valence-corrected chi connectivity index (χ2v) is 8.37. The van der Waals surface area contributed by atoms with Crippen molar-refractivity contribution >= 4 is 23.2 Å². The Kier molecular flexibility index (Phi) is 5.86. The van der Waals surface area contributed by atoms with Gasteiger partial charge in [0.15, 0.2) is 0 Å². The van der Waals surface area contributed by atoms with E-state index in [2.05, 4.69) is 15.5 Å². The second-order valence-electron chi connectivity index (χ2n) is 7.94. The van der Waals surface area contributed by atoms with E-state index in [4.69, 9.17) is 16.1 Å². The lowest BCUT2D eigenvalue weighted by atomic mass is 9.94. The normalized spacial score (nSPS) is 16.0. The molecule has 1 unspecified atom stereocenters. The Morgan fingerprint density at radius 2 is 1.82 bits per heavy atom. The number of urea groups is 1. The molecule has 34 heavy (non-hydrogen) atoms. The average molecular weight is 475 g/mol. The fourth-order valence-corrected chi connectivity index (χ4v) is 4.12. The molecule has 0 spiro atoms. The van der Waals surface area contributed by atoms with E-state index in [0.717, 1.165) is 11.1 Å². The number of aromatic nitrogens is 2. The summed E-state index contributed by atoms with van der Waals surface area (Å²) in [4.78, 5) is 19.3. The molecule has 0 radical (unpaired) electrons. The maximum Gasteiger partial charge on any atom is 0.322 e. The van der Waals surface area contributed by atoms with Gasteiger partial charge in [-0.15, -0.1) is 0 Å². The summed E-state index contributed by atoms with van der Waals surface area (Å²) in [5, 5.41) is 7.76. The minimum absolute atomic E-state index is 0.241. The quantitative estimate of drug-likeness (QED) is 0.372. The summed E-state index contributed by atoms with van der Waals surface area (Å²) < 4.78 is 19.4. The van der Waals surface area contributed by atoms with Crippen LogP contribution in [-0.4, -0.2) is 21.1 Å². The van der Waals surface area contributed by atoms with E-state index in [1.807, 2.05) is 49.4 Å². The number of hydrogen-bond acceptors (Lipinski definition) is 4. The molecule has 6 nitrogen and oxygen atoms in total. The zero-order valence-electron chi connectivity index (χ0n) is 18.2. The first-order valence-corrected chi connectivity index (χ1v) is 11.1. The Morgan fingerprint density at radius 3 is 2.56 bits per heavy atom. The van der Waals surface area contributed by atoms with Gasteiger partial charge in [-0.2, -0.15) is 4.98 Å². The van der Waals surface area contributed by atoms with Crippen LogP contribution in [0.15, 0.2) is 89.1 Å². The molecule has 2 heterocycles. The molecule has 1 aliphatic rings. The van der Waals surface area contributed by atoms with Crippen LogP contribution in [0.5, 0.6) is 0 Å². The van der Waals surface area contributed by atoms with Crippen LogP contribution >= 0.6 is 11.6 Å². The van der Waals surface area contributed by atoms with Crippen LogP contribution in [0.1, 0.15) is 30.0 Å². The SMILES string of the molecule is CC1=C(c2nc(-c3cccc(F)c3)no2)C(c2ccccc2)NC(=O)N1Cc1ccc(Cl)cc1. The number of benzene rings is 3. The highest BCUT2D eigenvalue weighted by atomic mass is 35.5. The van der Waals surface area contributed by atoms with Gasteiger partial charge in [0, 0.05) is 16.3 Å². The number of amides is 2. The van der Waals surface area contributed by atoms with Crippen molar-refractivity contribution in [2.75, 3.05) is 0 Å². The van der Waals surface area contributed by atoms with Gasteiger partial charge in [-0.25, -0.2) is 9.18 Å². The molecule has 5 rings (SSSR count). The van der Waals surface area contributed by atoms with E-state index in [0.29, 0.717) is 28.4 Å². The van der Waals surface area contributed by atoms with Crippen molar-refractivity contribution in [1.82, 2.24) is 20.4 Å². The molecule has 0 fully saturated rings. The van der Waals surface area contributed by atoms with Gasteiger partial charge in [0.2, 0.25) is 5.82 Å². The first kappa shape index (κ1) is 21.9. The van der Waals surface area contributed by atoms with Crippen LogP contribution in [0.2, 0.25) is 5.02 Å². The van der Waals surface area contributed by atoms with Crippen molar-refractivity contribution in [2.45, 2.75) is 19.5 Å². The number of carbonyl (C=O) groups excluding carboxylic acids is 1. The van der Waals surface area contributed by atoms with Crippen LogP contribution in [0.4, 0.5) is 9.18 Å². The summed E-state index contributed by atoms with van der Waals surface area (Å²) in [5.74, 6) is 0.134. The fourth-order valence-electron chi connectivity index (χ4n) is 3.99. The van der Waals surface area contributed by atoms with Gasteiger partial charge < -0.3 is 9.84 Å². The van der Waals surface area contributed by atoms with Gasteiger partial charge in [-0.3, -0.25) is 4.90 Å². The van der Waals surface area contributed by atoms with Gasteiger partial charge in [-0.1, -0.05) is 71.4 Å². The minimum Gasteiger partial charge on any atom is -0.334 e. The summed E-state index contributed by atoms with van der Waals surface area (Å²) in [6.07, 6.45) is 0. The molecule has 1 aromatic heterocycles. The number of allylic oxidation sites excluding steroid dienone is 1. The predicted octanol–water partition coefficient (Wildman–Crippen LogP) is 6.23. The van der Waals surface area contributed by atoms with Crippen LogP contribution in [0, 0.1) is 5.82 Å². The molecule has 8 heteroatoms. The summed E-state index contributed by atoms with van der Waals surface area (Å²) in [5.41, 5.74) is 3.66. The number of nitrogens with zero attached hydrogens (tertiary/aromatic N) is 3. The minimum atomic E-state index is -0.490.